The number of likely N-dealkylation sites (tertiary alicyclic amines) is 1. The molecule has 2 fully saturated rings. The molecular weight excluding hydrogens is 450 g/mol. The number of anilines is 2. The number of piperidine rings is 1. The Morgan fingerprint density at radius 2 is 1.74 bits per heavy atom. The number of hydrogen-bond acceptors (Lipinski definition) is 6. The Hall–Kier alpha value is -2.65. The monoisotopic (exact) mass is 485 g/mol. The summed E-state index contributed by atoms with van der Waals surface area (Å²) in [5, 5.41) is 3.32. The number of carbonyl (C=O) groups is 1. The minimum atomic E-state index is -3.85. The number of carbonyl (C=O) groups excluding carboxylic acids is 1. The van der Waals surface area contributed by atoms with Crippen LogP contribution >= 0.6 is 0 Å². The third-order valence-electron chi connectivity index (χ3n) is 6.70. The minimum Gasteiger partial charge on any atom is -0.353 e. The van der Waals surface area contributed by atoms with Crippen LogP contribution in [0.2, 0.25) is 0 Å². The van der Waals surface area contributed by atoms with Gasteiger partial charge in [-0.15, -0.1) is 0 Å². The Morgan fingerprint density at radius 1 is 1.06 bits per heavy atom. The number of amides is 1. The van der Waals surface area contributed by atoms with Crippen LogP contribution in [0.4, 0.5) is 11.5 Å². The standard InChI is InChI=1S/C25H35N5O3S/c1-17-13-18(2)23(19(3)14-17)34(32,33)28-21-15-22(25(31)30-10-6-5-7-20(30)4)24(27-16-21)29-11-8-26-9-12-29/h13-16,20,26,28H,5-12H2,1-4H3/t20-/m0/s1. The molecule has 184 valence electrons. The molecule has 2 saturated heterocycles. The molecule has 2 aliphatic rings. The van der Waals surface area contributed by atoms with E-state index in [9.17, 15) is 13.2 Å². The SMILES string of the molecule is Cc1cc(C)c(S(=O)(=O)Nc2cnc(N3CCNCC3)c(C(=O)N3CCCC[C@@H]3C)c2)c(C)c1. The number of rotatable bonds is 5. The van der Waals surface area contributed by atoms with Crippen molar-refractivity contribution in [3.05, 3.63) is 46.6 Å². The number of aromatic nitrogens is 1. The topological polar surface area (TPSA) is 94.6 Å². The van der Waals surface area contributed by atoms with Crippen molar-refractivity contribution in [3.8, 4) is 0 Å². The smallest absolute Gasteiger partial charge is 0.262 e. The van der Waals surface area contributed by atoms with Gasteiger partial charge in [-0.3, -0.25) is 9.52 Å². The average Bonchev–Trinajstić information content (AvgIpc) is 2.78. The van der Waals surface area contributed by atoms with E-state index in [-0.39, 0.29) is 16.8 Å². The van der Waals surface area contributed by atoms with Gasteiger partial charge in [0.15, 0.2) is 0 Å². The second-order valence-corrected chi connectivity index (χ2v) is 11.1. The maximum atomic E-state index is 13.7. The maximum Gasteiger partial charge on any atom is 0.262 e. The summed E-state index contributed by atoms with van der Waals surface area (Å²) in [7, 11) is -3.85. The number of piperazine rings is 1. The Labute approximate surface area is 202 Å². The molecule has 3 heterocycles. The lowest BCUT2D eigenvalue weighted by molar-refractivity contribution is 0.0636. The van der Waals surface area contributed by atoms with E-state index in [1.165, 1.54) is 6.20 Å². The van der Waals surface area contributed by atoms with E-state index in [0.29, 0.717) is 34.7 Å². The van der Waals surface area contributed by atoms with E-state index < -0.39 is 10.0 Å². The Bertz CT molecular complexity index is 1150. The first-order valence-electron chi connectivity index (χ1n) is 12.0. The lowest BCUT2D eigenvalue weighted by atomic mass is 10.0. The zero-order valence-corrected chi connectivity index (χ0v) is 21.3. The van der Waals surface area contributed by atoms with E-state index in [1.807, 2.05) is 24.0 Å². The minimum absolute atomic E-state index is 0.0861. The van der Waals surface area contributed by atoms with Gasteiger partial charge in [0, 0.05) is 38.8 Å². The maximum absolute atomic E-state index is 13.7. The molecule has 2 aliphatic heterocycles. The fraction of sp³-hybridized carbons (Fsp3) is 0.520. The van der Waals surface area contributed by atoms with Crippen LogP contribution in [0.15, 0.2) is 29.3 Å². The van der Waals surface area contributed by atoms with Gasteiger partial charge < -0.3 is 15.1 Å². The first kappa shape index (κ1) is 24.5. The fourth-order valence-corrected chi connectivity index (χ4v) is 6.64. The van der Waals surface area contributed by atoms with Gasteiger partial charge in [-0.05, 0) is 64.2 Å². The highest BCUT2D eigenvalue weighted by atomic mass is 32.2. The van der Waals surface area contributed by atoms with Crippen molar-refractivity contribution >= 4 is 27.4 Å². The van der Waals surface area contributed by atoms with E-state index in [1.54, 1.807) is 19.9 Å². The van der Waals surface area contributed by atoms with Crippen LogP contribution in [0, 0.1) is 20.8 Å². The first-order chi connectivity index (χ1) is 16.2. The summed E-state index contributed by atoms with van der Waals surface area (Å²) in [4.78, 5) is 22.5. The van der Waals surface area contributed by atoms with Crippen molar-refractivity contribution < 1.29 is 13.2 Å². The molecule has 0 bridgehead atoms. The number of sulfonamides is 1. The van der Waals surface area contributed by atoms with Crippen molar-refractivity contribution in [2.75, 3.05) is 42.3 Å². The number of hydrogen-bond donors (Lipinski definition) is 2. The zero-order chi connectivity index (χ0) is 24.5. The Balaban J connectivity index is 1.71. The van der Waals surface area contributed by atoms with E-state index >= 15 is 0 Å². The summed E-state index contributed by atoms with van der Waals surface area (Å²) >= 11 is 0. The molecule has 2 aromatic rings. The summed E-state index contributed by atoms with van der Waals surface area (Å²) < 4.78 is 29.3. The van der Waals surface area contributed by atoms with Crippen LogP contribution < -0.4 is 14.9 Å². The molecule has 2 N–H and O–H groups in total. The molecule has 34 heavy (non-hydrogen) atoms. The zero-order valence-electron chi connectivity index (χ0n) is 20.5. The molecule has 1 aromatic carbocycles. The highest BCUT2D eigenvalue weighted by Gasteiger charge is 2.29. The third kappa shape index (κ3) is 5.05. The highest BCUT2D eigenvalue weighted by Crippen LogP contribution is 2.29. The van der Waals surface area contributed by atoms with Crippen LogP contribution in [-0.4, -0.2) is 63.0 Å². The second kappa shape index (κ2) is 9.92. The molecule has 8 nitrogen and oxygen atoms in total. The van der Waals surface area contributed by atoms with Gasteiger partial charge in [0.2, 0.25) is 0 Å². The summed E-state index contributed by atoms with van der Waals surface area (Å²) in [6, 6.07) is 5.53. The largest absolute Gasteiger partial charge is 0.353 e. The summed E-state index contributed by atoms with van der Waals surface area (Å²) in [6.07, 6.45) is 4.58. The molecule has 0 spiro atoms. The van der Waals surface area contributed by atoms with Gasteiger partial charge in [0.25, 0.3) is 15.9 Å². The van der Waals surface area contributed by atoms with E-state index in [2.05, 4.69) is 26.8 Å². The number of benzene rings is 1. The lowest BCUT2D eigenvalue weighted by Gasteiger charge is -2.35. The molecule has 0 unspecified atom stereocenters. The van der Waals surface area contributed by atoms with Crippen LogP contribution in [0.25, 0.3) is 0 Å². The number of nitrogens with one attached hydrogen (secondary N) is 2. The van der Waals surface area contributed by atoms with Gasteiger partial charge in [-0.25, -0.2) is 13.4 Å². The summed E-state index contributed by atoms with van der Waals surface area (Å²) in [6.45, 7) is 11.4. The summed E-state index contributed by atoms with van der Waals surface area (Å²) in [5.41, 5.74) is 3.14. The summed E-state index contributed by atoms with van der Waals surface area (Å²) in [5.74, 6) is 0.534. The van der Waals surface area contributed by atoms with Gasteiger partial charge in [0.1, 0.15) is 5.82 Å². The Morgan fingerprint density at radius 3 is 2.38 bits per heavy atom. The quantitative estimate of drug-likeness (QED) is 0.675. The Kier molecular flexibility index (Phi) is 7.14. The van der Waals surface area contributed by atoms with Gasteiger partial charge >= 0.3 is 0 Å². The van der Waals surface area contributed by atoms with E-state index in [0.717, 1.165) is 51.0 Å². The van der Waals surface area contributed by atoms with Crippen molar-refractivity contribution in [2.45, 2.75) is 57.9 Å². The van der Waals surface area contributed by atoms with Gasteiger partial charge in [-0.1, -0.05) is 17.7 Å². The molecule has 9 heteroatoms. The van der Waals surface area contributed by atoms with Crippen molar-refractivity contribution in [2.24, 2.45) is 0 Å². The van der Waals surface area contributed by atoms with Crippen molar-refractivity contribution in [3.63, 3.8) is 0 Å². The van der Waals surface area contributed by atoms with Crippen LogP contribution in [0.1, 0.15) is 53.2 Å². The molecule has 4 rings (SSSR count). The average molecular weight is 486 g/mol. The van der Waals surface area contributed by atoms with Gasteiger partial charge in [-0.2, -0.15) is 0 Å². The molecule has 0 saturated carbocycles. The second-order valence-electron chi connectivity index (χ2n) is 9.51. The highest BCUT2D eigenvalue weighted by molar-refractivity contribution is 7.92. The molecule has 1 amide bonds. The number of aryl methyl sites for hydroxylation is 3. The normalized spacial score (nSPS) is 19.2. The molecule has 0 radical (unpaired) electrons. The number of nitrogens with zero attached hydrogens (tertiary/aromatic N) is 3. The van der Waals surface area contributed by atoms with E-state index in [4.69, 9.17) is 0 Å². The fourth-order valence-electron chi connectivity index (χ4n) is 5.15. The molecule has 1 aromatic heterocycles. The van der Waals surface area contributed by atoms with Crippen LogP contribution in [-0.2, 0) is 10.0 Å². The predicted molar refractivity (Wildman–Crippen MR) is 135 cm³/mol. The first-order valence-corrected chi connectivity index (χ1v) is 13.5. The van der Waals surface area contributed by atoms with Crippen molar-refractivity contribution in [1.29, 1.82) is 0 Å². The van der Waals surface area contributed by atoms with Crippen molar-refractivity contribution in [1.82, 2.24) is 15.2 Å². The molecular formula is C25H35N5O3S. The molecule has 1 atom stereocenters. The number of pyridine rings is 1. The third-order valence-corrected chi connectivity index (χ3v) is 8.39. The predicted octanol–water partition coefficient (Wildman–Crippen LogP) is 3.23. The molecule has 0 aliphatic carbocycles. The van der Waals surface area contributed by atoms with Crippen LogP contribution in [0.5, 0.6) is 0 Å². The van der Waals surface area contributed by atoms with Gasteiger partial charge in [0.05, 0.1) is 22.3 Å². The lowest BCUT2D eigenvalue weighted by Crippen LogP contribution is -2.46. The van der Waals surface area contributed by atoms with Crippen LogP contribution in [0.3, 0.4) is 0 Å².